The number of rotatable bonds is 3. The van der Waals surface area contributed by atoms with E-state index in [1.54, 1.807) is 0 Å². The lowest BCUT2D eigenvalue weighted by Crippen LogP contribution is -2.40. The van der Waals surface area contributed by atoms with E-state index in [1.807, 2.05) is 37.1 Å². The van der Waals surface area contributed by atoms with Gasteiger partial charge in [0.25, 0.3) is 5.91 Å². The minimum atomic E-state index is 0. The fourth-order valence-corrected chi connectivity index (χ4v) is 2.98. The molecule has 1 aliphatic heterocycles. The van der Waals surface area contributed by atoms with Gasteiger partial charge >= 0.3 is 0 Å². The molecule has 1 aromatic rings. The molecule has 0 saturated carbocycles. The van der Waals surface area contributed by atoms with Crippen molar-refractivity contribution in [3.63, 3.8) is 0 Å². The third kappa shape index (κ3) is 4.21. The van der Waals surface area contributed by atoms with Crippen LogP contribution < -0.4 is 5.32 Å². The number of carbonyl (C=O) groups excluding carboxylic acids is 1. The zero-order valence-corrected chi connectivity index (χ0v) is 14.4. The monoisotopic (exact) mass is 360 g/mol. The molecule has 112 valence electrons. The molecule has 0 aliphatic carbocycles. The lowest BCUT2D eigenvalue weighted by atomic mass is 9.96. The second-order valence-electron chi connectivity index (χ2n) is 5.25. The van der Waals surface area contributed by atoms with Crippen LogP contribution in [0.2, 0.25) is 0 Å². The first kappa shape index (κ1) is 17.5. The van der Waals surface area contributed by atoms with Gasteiger partial charge in [-0.2, -0.15) is 0 Å². The number of nitrogens with one attached hydrogen (secondary N) is 1. The summed E-state index contributed by atoms with van der Waals surface area (Å²) < 4.78 is 0.964. The zero-order chi connectivity index (χ0) is 13.8. The fourth-order valence-electron chi connectivity index (χ4n) is 2.62. The van der Waals surface area contributed by atoms with Crippen LogP contribution in [0.15, 0.2) is 22.7 Å². The molecule has 0 unspecified atom stereocenters. The summed E-state index contributed by atoms with van der Waals surface area (Å²) in [6, 6.07) is 5.90. The van der Waals surface area contributed by atoms with Gasteiger partial charge in [-0.15, -0.1) is 12.4 Å². The Morgan fingerprint density at radius 3 is 2.65 bits per heavy atom. The van der Waals surface area contributed by atoms with E-state index < -0.39 is 0 Å². The molecule has 3 nitrogen and oxygen atoms in total. The van der Waals surface area contributed by atoms with Crippen molar-refractivity contribution in [3.05, 3.63) is 33.8 Å². The van der Waals surface area contributed by atoms with Crippen molar-refractivity contribution >= 4 is 34.2 Å². The Hall–Kier alpha value is -0.580. The first-order chi connectivity index (χ1) is 9.11. The maximum Gasteiger partial charge on any atom is 0.254 e. The Balaban J connectivity index is 0.00000200. The normalized spacial score (nSPS) is 15.8. The summed E-state index contributed by atoms with van der Waals surface area (Å²) in [6.07, 6.45) is 2.19. The molecule has 1 saturated heterocycles. The van der Waals surface area contributed by atoms with Gasteiger partial charge in [-0.1, -0.05) is 22.0 Å². The van der Waals surface area contributed by atoms with Crippen molar-refractivity contribution < 1.29 is 4.79 Å². The molecule has 0 atom stereocenters. The largest absolute Gasteiger partial charge is 0.339 e. The molecule has 1 heterocycles. The van der Waals surface area contributed by atoms with Gasteiger partial charge in [0, 0.05) is 23.1 Å². The quantitative estimate of drug-likeness (QED) is 0.896. The van der Waals surface area contributed by atoms with E-state index >= 15 is 0 Å². The van der Waals surface area contributed by atoms with Crippen molar-refractivity contribution in [3.8, 4) is 0 Å². The minimum absolute atomic E-state index is 0. The van der Waals surface area contributed by atoms with Crippen LogP contribution in [0, 0.1) is 12.8 Å². The van der Waals surface area contributed by atoms with Crippen molar-refractivity contribution in [1.29, 1.82) is 0 Å². The van der Waals surface area contributed by atoms with Crippen LogP contribution in [0.3, 0.4) is 0 Å². The fraction of sp³-hybridized carbons (Fsp3) is 0.533. The summed E-state index contributed by atoms with van der Waals surface area (Å²) in [4.78, 5) is 14.5. The van der Waals surface area contributed by atoms with Gasteiger partial charge in [0.15, 0.2) is 0 Å². The smallest absolute Gasteiger partial charge is 0.254 e. The summed E-state index contributed by atoms with van der Waals surface area (Å²) in [5, 5.41) is 3.22. The molecule has 1 amide bonds. The van der Waals surface area contributed by atoms with Crippen molar-refractivity contribution in [2.75, 3.05) is 26.7 Å². The molecular weight excluding hydrogens is 340 g/mol. The van der Waals surface area contributed by atoms with E-state index in [0.29, 0.717) is 5.92 Å². The third-order valence-electron chi connectivity index (χ3n) is 3.82. The topological polar surface area (TPSA) is 32.3 Å². The molecule has 0 aromatic heterocycles. The molecule has 20 heavy (non-hydrogen) atoms. The number of carbonyl (C=O) groups is 1. The number of benzene rings is 1. The van der Waals surface area contributed by atoms with Crippen LogP contribution in [-0.4, -0.2) is 37.5 Å². The van der Waals surface area contributed by atoms with Gasteiger partial charge in [0.05, 0.1) is 0 Å². The number of hydrogen-bond acceptors (Lipinski definition) is 2. The number of amides is 1. The number of hydrogen-bond donors (Lipinski definition) is 1. The van der Waals surface area contributed by atoms with Crippen LogP contribution >= 0.6 is 28.3 Å². The van der Waals surface area contributed by atoms with E-state index in [1.165, 1.54) is 0 Å². The number of piperidine rings is 1. The highest BCUT2D eigenvalue weighted by Gasteiger charge is 2.24. The van der Waals surface area contributed by atoms with Gasteiger partial charge in [-0.05, 0) is 57.0 Å². The SMILES string of the molecule is CNCC1CCN(C(=O)c2cc(Br)ccc2C)CC1.Cl. The molecule has 1 N–H and O–H groups in total. The lowest BCUT2D eigenvalue weighted by Gasteiger charge is -2.32. The second kappa shape index (κ2) is 8.01. The average Bonchev–Trinajstić information content (AvgIpc) is 2.42. The van der Waals surface area contributed by atoms with E-state index in [0.717, 1.165) is 48.1 Å². The van der Waals surface area contributed by atoms with Crippen LogP contribution in [0.25, 0.3) is 0 Å². The highest BCUT2D eigenvalue weighted by Crippen LogP contribution is 2.22. The van der Waals surface area contributed by atoms with Crippen LogP contribution in [-0.2, 0) is 0 Å². The van der Waals surface area contributed by atoms with Crippen molar-refractivity contribution in [2.24, 2.45) is 5.92 Å². The number of likely N-dealkylation sites (tertiary alicyclic amines) is 1. The summed E-state index contributed by atoms with van der Waals surface area (Å²) >= 11 is 3.44. The molecule has 1 fully saturated rings. The van der Waals surface area contributed by atoms with Crippen LogP contribution in [0.4, 0.5) is 0 Å². The Morgan fingerprint density at radius 2 is 2.05 bits per heavy atom. The third-order valence-corrected chi connectivity index (χ3v) is 4.32. The van der Waals surface area contributed by atoms with E-state index in [9.17, 15) is 4.79 Å². The van der Waals surface area contributed by atoms with Crippen molar-refractivity contribution in [2.45, 2.75) is 19.8 Å². The van der Waals surface area contributed by atoms with E-state index in [2.05, 4.69) is 21.2 Å². The van der Waals surface area contributed by atoms with Gasteiger partial charge in [-0.3, -0.25) is 4.79 Å². The molecule has 1 aliphatic rings. The Kier molecular flexibility index (Phi) is 7.00. The first-order valence-electron chi connectivity index (χ1n) is 6.82. The predicted octanol–water partition coefficient (Wildman–Crippen LogP) is 3.25. The van der Waals surface area contributed by atoms with E-state index in [4.69, 9.17) is 0 Å². The van der Waals surface area contributed by atoms with E-state index in [-0.39, 0.29) is 18.3 Å². The van der Waals surface area contributed by atoms with Crippen LogP contribution in [0.1, 0.15) is 28.8 Å². The predicted molar refractivity (Wildman–Crippen MR) is 88.7 cm³/mol. The average molecular weight is 362 g/mol. The summed E-state index contributed by atoms with van der Waals surface area (Å²) in [7, 11) is 1.99. The van der Waals surface area contributed by atoms with Gasteiger partial charge < -0.3 is 10.2 Å². The van der Waals surface area contributed by atoms with Gasteiger partial charge in [-0.25, -0.2) is 0 Å². The first-order valence-corrected chi connectivity index (χ1v) is 7.61. The summed E-state index contributed by atoms with van der Waals surface area (Å²) in [5.74, 6) is 0.874. The Morgan fingerprint density at radius 1 is 1.40 bits per heavy atom. The van der Waals surface area contributed by atoms with Crippen molar-refractivity contribution in [1.82, 2.24) is 10.2 Å². The molecule has 1 aromatic carbocycles. The number of nitrogens with zero attached hydrogens (tertiary/aromatic N) is 1. The highest BCUT2D eigenvalue weighted by atomic mass is 79.9. The molecule has 0 spiro atoms. The van der Waals surface area contributed by atoms with Gasteiger partial charge in [0.2, 0.25) is 0 Å². The maximum absolute atomic E-state index is 12.5. The van der Waals surface area contributed by atoms with Crippen LogP contribution in [0.5, 0.6) is 0 Å². The molecule has 0 radical (unpaired) electrons. The molecule has 2 rings (SSSR count). The lowest BCUT2D eigenvalue weighted by molar-refractivity contribution is 0.0690. The summed E-state index contributed by atoms with van der Waals surface area (Å²) in [6.45, 7) is 4.79. The minimum Gasteiger partial charge on any atom is -0.339 e. The molecule has 0 bridgehead atoms. The standard InChI is InChI=1S/C15H21BrN2O.ClH/c1-11-3-4-13(16)9-14(11)15(19)18-7-5-12(6-8-18)10-17-2;/h3-4,9,12,17H,5-8,10H2,1-2H3;1H. The molecule has 5 heteroatoms. The molecular formula is C15H22BrClN2O. The Labute approximate surface area is 135 Å². The summed E-state index contributed by atoms with van der Waals surface area (Å²) in [5.41, 5.74) is 1.87. The number of halogens is 2. The van der Waals surface area contributed by atoms with Gasteiger partial charge in [0.1, 0.15) is 0 Å². The highest BCUT2D eigenvalue weighted by molar-refractivity contribution is 9.10. The maximum atomic E-state index is 12.5. The zero-order valence-electron chi connectivity index (χ0n) is 12.0. The second-order valence-corrected chi connectivity index (χ2v) is 6.17. The number of aryl methyl sites for hydroxylation is 1. The Bertz CT molecular complexity index is 459.